The van der Waals surface area contributed by atoms with Crippen molar-refractivity contribution in [3.63, 3.8) is 0 Å². The number of halogens is 1. The van der Waals surface area contributed by atoms with Gasteiger partial charge in [0.1, 0.15) is 29.5 Å². The van der Waals surface area contributed by atoms with Crippen LogP contribution >= 0.6 is 23.4 Å². The van der Waals surface area contributed by atoms with E-state index in [0.29, 0.717) is 24.5 Å². The molecule has 0 amide bonds. The highest BCUT2D eigenvalue weighted by Crippen LogP contribution is 2.37. The quantitative estimate of drug-likeness (QED) is 0.649. The molecule has 0 saturated carbocycles. The van der Waals surface area contributed by atoms with Crippen LogP contribution in [0.4, 0.5) is 0 Å². The average Bonchev–Trinajstić information content (AvgIpc) is 2.70. The molecule has 1 unspecified atom stereocenters. The van der Waals surface area contributed by atoms with Crippen LogP contribution in [-0.4, -0.2) is 58.0 Å². The minimum atomic E-state index is -1.24. The van der Waals surface area contributed by atoms with Gasteiger partial charge in [-0.3, -0.25) is 0 Å². The number of rotatable bonds is 6. The van der Waals surface area contributed by atoms with Crippen LogP contribution < -0.4 is 4.74 Å². The number of ether oxygens (including phenoxy) is 2. The van der Waals surface area contributed by atoms with E-state index in [9.17, 15) is 15.3 Å². The molecule has 1 aromatic rings. The van der Waals surface area contributed by atoms with Gasteiger partial charge in [0.15, 0.2) is 0 Å². The molecule has 28 heavy (non-hydrogen) atoms. The molecule has 1 fully saturated rings. The predicted molar refractivity (Wildman–Crippen MR) is 112 cm³/mol. The van der Waals surface area contributed by atoms with Crippen LogP contribution in [0.1, 0.15) is 18.9 Å². The zero-order valence-electron chi connectivity index (χ0n) is 16.0. The number of thioether (sulfide) groups is 1. The first-order valence-corrected chi connectivity index (χ1v) is 11.1. The largest absolute Gasteiger partial charge is 0.494 e. The average molecular weight is 427 g/mol. The molecule has 6 atom stereocenters. The molecule has 1 saturated heterocycles. The Kier molecular flexibility index (Phi) is 7.48. The van der Waals surface area contributed by atoms with Crippen molar-refractivity contribution in [1.29, 1.82) is 0 Å². The molecule has 2 aliphatic rings. The summed E-state index contributed by atoms with van der Waals surface area (Å²) in [6.07, 6.45) is 2.91. The summed E-state index contributed by atoms with van der Waals surface area (Å²) in [4.78, 5) is 0. The molecule has 3 rings (SSSR count). The summed E-state index contributed by atoms with van der Waals surface area (Å²) in [5, 5.41) is 31.4. The Bertz CT molecular complexity index is 718. The molecule has 0 bridgehead atoms. The maximum absolute atomic E-state index is 10.5. The third-order valence-electron chi connectivity index (χ3n) is 5.18. The molecule has 154 valence electrons. The van der Waals surface area contributed by atoms with E-state index in [4.69, 9.17) is 21.1 Å². The fourth-order valence-electron chi connectivity index (χ4n) is 3.66. The molecule has 1 aliphatic heterocycles. The van der Waals surface area contributed by atoms with Crippen molar-refractivity contribution < 1.29 is 24.8 Å². The van der Waals surface area contributed by atoms with Crippen LogP contribution in [0.3, 0.4) is 0 Å². The fraction of sp³-hybridized carbons (Fsp3) is 0.524. The third kappa shape index (κ3) is 4.75. The van der Waals surface area contributed by atoms with Gasteiger partial charge in [0.2, 0.25) is 0 Å². The second-order valence-corrected chi connectivity index (χ2v) is 8.42. The van der Waals surface area contributed by atoms with Crippen LogP contribution in [0.15, 0.2) is 47.0 Å². The second-order valence-electron chi connectivity index (χ2n) is 7.07. The van der Waals surface area contributed by atoms with E-state index in [2.05, 4.69) is 0 Å². The van der Waals surface area contributed by atoms with Crippen molar-refractivity contribution in [1.82, 2.24) is 0 Å². The summed E-state index contributed by atoms with van der Waals surface area (Å²) in [6, 6.07) is 7.89. The maximum Gasteiger partial charge on any atom is 0.132 e. The smallest absolute Gasteiger partial charge is 0.132 e. The molecule has 0 aromatic heterocycles. The summed E-state index contributed by atoms with van der Waals surface area (Å²) >= 11 is 7.75. The highest BCUT2D eigenvalue weighted by Gasteiger charge is 2.46. The molecule has 5 nitrogen and oxygen atoms in total. The third-order valence-corrected chi connectivity index (χ3v) is 6.43. The normalized spacial score (nSPS) is 33.2. The van der Waals surface area contributed by atoms with Crippen LogP contribution in [0.25, 0.3) is 0 Å². The summed E-state index contributed by atoms with van der Waals surface area (Å²) in [5.41, 5.74) is 1.48. The van der Waals surface area contributed by atoms with Crippen LogP contribution in [0.5, 0.6) is 5.75 Å². The molecule has 0 spiro atoms. The molecule has 3 N–H and O–H groups in total. The van der Waals surface area contributed by atoms with Crippen molar-refractivity contribution in [3.8, 4) is 5.75 Å². The van der Waals surface area contributed by atoms with E-state index < -0.39 is 29.9 Å². The number of aliphatic hydroxyl groups is 3. The standard InChI is InChI=1S/C21H27ClO5S/c1-3-26-15-7-4-12(5-8-15)10-14-11-13(6-9-16(14)22)20-18(24)17(23)19(25)21(27-20)28-2/h4-5,7-9,11,13,17-21,23-25H,3,6,10H2,1-2H3/t13?,17-,18-,19+,20+,21-/m1/s1. The first-order chi connectivity index (χ1) is 13.4. The van der Waals surface area contributed by atoms with E-state index in [0.717, 1.165) is 16.9 Å². The van der Waals surface area contributed by atoms with Gasteiger partial charge in [-0.2, -0.15) is 0 Å². The van der Waals surface area contributed by atoms with Crippen LogP contribution in [0.2, 0.25) is 0 Å². The number of hydrogen-bond donors (Lipinski definition) is 3. The van der Waals surface area contributed by atoms with E-state index >= 15 is 0 Å². The lowest BCUT2D eigenvalue weighted by atomic mass is 9.83. The van der Waals surface area contributed by atoms with Gasteiger partial charge < -0.3 is 24.8 Å². The molecular weight excluding hydrogens is 400 g/mol. The molecular formula is C21H27ClO5S. The maximum atomic E-state index is 10.5. The number of allylic oxidation sites excluding steroid dienone is 3. The molecule has 1 aliphatic carbocycles. The Hall–Kier alpha value is -1.02. The van der Waals surface area contributed by atoms with E-state index in [1.54, 1.807) is 6.26 Å². The minimum absolute atomic E-state index is 0.132. The zero-order valence-corrected chi connectivity index (χ0v) is 17.6. The zero-order chi connectivity index (χ0) is 20.3. The summed E-state index contributed by atoms with van der Waals surface area (Å²) in [7, 11) is 0. The van der Waals surface area contributed by atoms with Gasteiger partial charge in [0.05, 0.1) is 12.7 Å². The number of benzene rings is 1. The van der Waals surface area contributed by atoms with E-state index in [1.807, 2.05) is 43.3 Å². The van der Waals surface area contributed by atoms with Gasteiger partial charge >= 0.3 is 0 Å². The Labute approximate surface area is 175 Å². The van der Waals surface area contributed by atoms with Crippen molar-refractivity contribution in [2.75, 3.05) is 12.9 Å². The Morgan fingerprint density at radius 1 is 1.14 bits per heavy atom. The van der Waals surface area contributed by atoms with Gasteiger partial charge in [-0.15, -0.1) is 11.8 Å². The highest BCUT2D eigenvalue weighted by molar-refractivity contribution is 7.99. The van der Waals surface area contributed by atoms with Crippen LogP contribution in [-0.2, 0) is 11.2 Å². The molecule has 1 aromatic carbocycles. The lowest BCUT2D eigenvalue weighted by Crippen LogP contribution is -2.58. The summed E-state index contributed by atoms with van der Waals surface area (Å²) in [6.45, 7) is 2.58. The second kappa shape index (κ2) is 9.65. The SMILES string of the molecule is CCOc1ccc(CC2=CC([C@@H]3O[C@H](SC)[C@@H](O)[C@H](O)[C@H]3O)CC=C2Cl)cc1. The van der Waals surface area contributed by atoms with Gasteiger partial charge in [-0.05, 0) is 49.3 Å². The first kappa shape index (κ1) is 21.7. The van der Waals surface area contributed by atoms with Gasteiger partial charge in [-0.1, -0.05) is 35.9 Å². The van der Waals surface area contributed by atoms with Crippen LogP contribution in [0, 0.1) is 5.92 Å². The van der Waals surface area contributed by atoms with Crippen molar-refractivity contribution >= 4 is 23.4 Å². The topological polar surface area (TPSA) is 79.2 Å². The molecule has 7 heteroatoms. The molecule has 0 radical (unpaired) electrons. The monoisotopic (exact) mass is 426 g/mol. The lowest BCUT2D eigenvalue weighted by Gasteiger charge is -2.43. The van der Waals surface area contributed by atoms with E-state index in [-0.39, 0.29) is 5.92 Å². The summed E-state index contributed by atoms with van der Waals surface area (Å²) < 4.78 is 11.4. The Morgan fingerprint density at radius 2 is 1.86 bits per heavy atom. The number of aliphatic hydroxyl groups excluding tert-OH is 3. The highest BCUT2D eigenvalue weighted by atomic mass is 35.5. The van der Waals surface area contributed by atoms with Gasteiger partial charge in [0.25, 0.3) is 0 Å². The van der Waals surface area contributed by atoms with E-state index in [1.165, 1.54) is 11.8 Å². The summed E-state index contributed by atoms with van der Waals surface area (Å²) in [5.74, 6) is 0.699. The first-order valence-electron chi connectivity index (χ1n) is 9.45. The van der Waals surface area contributed by atoms with Gasteiger partial charge in [-0.25, -0.2) is 0 Å². The van der Waals surface area contributed by atoms with Crippen molar-refractivity contribution in [3.05, 3.63) is 52.6 Å². The van der Waals surface area contributed by atoms with Crippen molar-refractivity contribution in [2.24, 2.45) is 5.92 Å². The predicted octanol–water partition coefficient (Wildman–Crippen LogP) is 2.87. The minimum Gasteiger partial charge on any atom is -0.494 e. The Balaban J connectivity index is 1.75. The number of hydrogen-bond acceptors (Lipinski definition) is 6. The Morgan fingerprint density at radius 3 is 2.50 bits per heavy atom. The van der Waals surface area contributed by atoms with Crippen molar-refractivity contribution in [2.45, 2.75) is 49.6 Å². The lowest BCUT2D eigenvalue weighted by molar-refractivity contribution is -0.206. The molecule has 1 heterocycles. The van der Waals surface area contributed by atoms with Gasteiger partial charge in [0, 0.05) is 11.0 Å². The fourth-order valence-corrected chi connectivity index (χ4v) is 4.56.